The molecule has 4 rings (SSSR count). The first kappa shape index (κ1) is 21.9. The molecule has 0 saturated heterocycles. The third kappa shape index (κ3) is 4.08. The van der Waals surface area contributed by atoms with Gasteiger partial charge in [0.1, 0.15) is 16.4 Å². The van der Waals surface area contributed by atoms with Crippen LogP contribution >= 0.6 is 11.6 Å². The fourth-order valence-corrected chi connectivity index (χ4v) is 4.32. The van der Waals surface area contributed by atoms with Crippen LogP contribution in [0.25, 0.3) is 28.2 Å². The lowest BCUT2D eigenvalue weighted by Gasteiger charge is -2.16. The molecule has 0 saturated carbocycles. The Morgan fingerprint density at radius 1 is 0.906 bits per heavy atom. The number of methoxy groups -OCH3 is 2. The van der Waals surface area contributed by atoms with Crippen LogP contribution in [0, 0.1) is 0 Å². The molecule has 4 aromatic rings. The number of hydrogen-bond donors (Lipinski definition) is 1. The average molecular weight is 470 g/mol. The second-order valence-corrected chi connectivity index (χ2v) is 8.85. The summed E-state index contributed by atoms with van der Waals surface area (Å²) in [4.78, 5) is -0.0547. The van der Waals surface area contributed by atoms with Crippen molar-refractivity contribution in [3.05, 3.63) is 77.8 Å². The minimum absolute atomic E-state index is 0.0547. The van der Waals surface area contributed by atoms with Crippen LogP contribution < -0.4 is 14.6 Å². The lowest BCUT2D eigenvalue weighted by atomic mass is 10.1. The normalized spacial score (nSPS) is 11.4. The number of para-hydroxylation sites is 1. The molecule has 3 aromatic carbocycles. The van der Waals surface area contributed by atoms with E-state index in [2.05, 4.69) is 0 Å². The van der Waals surface area contributed by atoms with Gasteiger partial charge in [-0.25, -0.2) is 18.2 Å². The first-order valence-electron chi connectivity index (χ1n) is 9.53. The number of primary sulfonamides is 1. The molecule has 7 nitrogen and oxygen atoms in total. The monoisotopic (exact) mass is 469 g/mol. The maximum atomic E-state index is 12.3. The van der Waals surface area contributed by atoms with Crippen molar-refractivity contribution in [1.82, 2.24) is 9.78 Å². The van der Waals surface area contributed by atoms with Crippen LogP contribution in [-0.2, 0) is 10.0 Å². The summed E-state index contributed by atoms with van der Waals surface area (Å²) >= 11 is 6.04. The zero-order chi connectivity index (χ0) is 22.9. The smallest absolute Gasteiger partial charge is 0.240 e. The first-order valence-corrected chi connectivity index (χ1v) is 11.5. The molecule has 0 unspecified atom stereocenters. The third-order valence-electron chi connectivity index (χ3n) is 4.93. The van der Waals surface area contributed by atoms with Crippen molar-refractivity contribution < 1.29 is 17.9 Å². The zero-order valence-corrected chi connectivity index (χ0v) is 18.9. The molecule has 0 fully saturated rings. The Morgan fingerprint density at radius 2 is 1.53 bits per heavy atom. The number of ether oxygens (including phenoxy) is 2. The summed E-state index contributed by atoms with van der Waals surface area (Å²) in [6, 6.07) is 20.8. The minimum atomic E-state index is -4.01. The quantitative estimate of drug-likeness (QED) is 0.447. The Bertz CT molecular complexity index is 1360. The van der Waals surface area contributed by atoms with Crippen LogP contribution in [-0.4, -0.2) is 32.4 Å². The summed E-state index contributed by atoms with van der Waals surface area (Å²) < 4.78 is 37.3. The number of nitrogens with two attached hydrogens (primary N) is 1. The predicted octanol–water partition coefficient (Wildman–Crippen LogP) is 4.52. The van der Waals surface area contributed by atoms with Gasteiger partial charge in [0, 0.05) is 10.6 Å². The van der Waals surface area contributed by atoms with Crippen molar-refractivity contribution in [2.24, 2.45) is 5.14 Å². The summed E-state index contributed by atoms with van der Waals surface area (Å²) in [5.41, 5.74) is 2.90. The highest BCUT2D eigenvalue weighted by molar-refractivity contribution is 7.89. The van der Waals surface area contributed by atoms with E-state index in [4.69, 9.17) is 31.3 Å². The molecule has 0 aliphatic rings. The van der Waals surface area contributed by atoms with Crippen molar-refractivity contribution in [3.8, 4) is 39.7 Å². The maximum absolute atomic E-state index is 12.3. The molecule has 164 valence electrons. The number of sulfonamides is 1. The summed E-state index contributed by atoms with van der Waals surface area (Å²) in [5.74, 6) is 1.09. The summed E-state index contributed by atoms with van der Waals surface area (Å²) in [6.07, 6.45) is 0. The molecule has 0 bridgehead atoms. The Balaban J connectivity index is 2.07. The Hall–Kier alpha value is -3.33. The maximum Gasteiger partial charge on any atom is 0.240 e. The van der Waals surface area contributed by atoms with Crippen LogP contribution in [0.1, 0.15) is 0 Å². The van der Waals surface area contributed by atoms with E-state index in [1.54, 1.807) is 62.8 Å². The Labute approximate surface area is 191 Å². The summed E-state index contributed by atoms with van der Waals surface area (Å²) in [6.45, 7) is 0. The molecule has 1 heterocycles. The van der Waals surface area contributed by atoms with E-state index in [1.807, 2.05) is 18.2 Å². The van der Waals surface area contributed by atoms with E-state index < -0.39 is 10.0 Å². The van der Waals surface area contributed by atoms with E-state index in [9.17, 15) is 8.42 Å². The van der Waals surface area contributed by atoms with Crippen molar-refractivity contribution >= 4 is 21.6 Å². The van der Waals surface area contributed by atoms with Crippen molar-refractivity contribution in [3.63, 3.8) is 0 Å². The largest absolute Gasteiger partial charge is 0.496 e. The molecule has 0 amide bonds. The molecule has 0 aliphatic heterocycles. The second-order valence-electron chi connectivity index (χ2n) is 6.88. The summed E-state index contributed by atoms with van der Waals surface area (Å²) in [5, 5.41) is 10.8. The van der Waals surface area contributed by atoms with Gasteiger partial charge in [0.05, 0.1) is 36.9 Å². The number of nitrogens with zero attached hydrogens (tertiary/aromatic N) is 2. The van der Waals surface area contributed by atoms with Crippen molar-refractivity contribution in [2.45, 2.75) is 4.90 Å². The Kier molecular flexibility index (Phi) is 5.92. The molecule has 32 heavy (non-hydrogen) atoms. The van der Waals surface area contributed by atoms with Crippen LogP contribution in [0.3, 0.4) is 0 Å². The summed E-state index contributed by atoms with van der Waals surface area (Å²) in [7, 11) is -0.908. The van der Waals surface area contributed by atoms with E-state index in [0.29, 0.717) is 39.2 Å². The van der Waals surface area contributed by atoms with Gasteiger partial charge in [-0.2, -0.15) is 5.10 Å². The van der Waals surface area contributed by atoms with Gasteiger partial charge in [-0.05, 0) is 42.5 Å². The molecular weight excluding hydrogens is 450 g/mol. The van der Waals surface area contributed by atoms with E-state index in [-0.39, 0.29) is 4.90 Å². The molecule has 0 spiro atoms. The van der Waals surface area contributed by atoms with Crippen LogP contribution in [0.5, 0.6) is 11.5 Å². The molecule has 0 aliphatic carbocycles. The highest BCUT2D eigenvalue weighted by Crippen LogP contribution is 2.41. The van der Waals surface area contributed by atoms with Gasteiger partial charge in [-0.1, -0.05) is 41.9 Å². The zero-order valence-electron chi connectivity index (χ0n) is 17.3. The van der Waals surface area contributed by atoms with Crippen LogP contribution in [0.2, 0.25) is 5.02 Å². The second kappa shape index (κ2) is 8.66. The standard InChI is InChI=1S/C23H20ClN3O4S/c1-30-20-7-5-8-21(31-2)23(20)19-14-17(15-10-12-16(24)13-11-15)26-27(19)18-6-3-4-9-22(18)32(25,28)29/h3-14H,1-2H3,(H2,25,28,29). The van der Waals surface area contributed by atoms with Gasteiger partial charge >= 0.3 is 0 Å². The highest BCUT2D eigenvalue weighted by atomic mass is 35.5. The predicted molar refractivity (Wildman–Crippen MR) is 124 cm³/mol. The van der Waals surface area contributed by atoms with Gasteiger partial charge in [0.15, 0.2) is 0 Å². The SMILES string of the molecule is COc1cccc(OC)c1-c1cc(-c2ccc(Cl)cc2)nn1-c1ccccc1S(N)(=O)=O. The van der Waals surface area contributed by atoms with Crippen LogP contribution in [0.4, 0.5) is 0 Å². The van der Waals surface area contributed by atoms with Crippen molar-refractivity contribution in [2.75, 3.05) is 14.2 Å². The molecule has 1 aromatic heterocycles. The number of rotatable bonds is 6. The van der Waals surface area contributed by atoms with Gasteiger partial charge in [-0.3, -0.25) is 0 Å². The van der Waals surface area contributed by atoms with Crippen LogP contribution in [0.15, 0.2) is 77.7 Å². The number of benzene rings is 3. The van der Waals surface area contributed by atoms with E-state index in [1.165, 1.54) is 10.7 Å². The number of hydrogen-bond acceptors (Lipinski definition) is 5. The van der Waals surface area contributed by atoms with Gasteiger partial charge in [-0.15, -0.1) is 0 Å². The number of aromatic nitrogens is 2. The fourth-order valence-electron chi connectivity index (χ4n) is 3.48. The molecule has 0 radical (unpaired) electrons. The molecule has 2 N–H and O–H groups in total. The van der Waals surface area contributed by atoms with Gasteiger partial charge < -0.3 is 9.47 Å². The molecule has 0 atom stereocenters. The van der Waals surface area contributed by atoms with Gasteiger partial charge in [0.25, 0.3) is 0 Å². The third-order valence-corrected chi connectivity index (χ3v) is 6.14. The van der Waals surface area contributed by atoms with Crippen molar-refractivity contribution in [1.29, 1.82) is 0 Å². The van der Waals surface area contributed by atoms with Gasteiger partial charge in [0.2, 0.25) is 10.0 Å². The lowest BCUT2D eigenvalue weighted by molar-refractivity contribution is 0.397. The highest BCUT2D eigenvalue weighted by Gasteiger charge is 2.23. The first-order chi connectivity index (χ1) is 15.3. The number of halogens is 1. The average Bonchev–Trinajstić information content (AvgIpc) is 3.23. The fraction of sp³-hybridized carbons (Fsp3) is 0.0870. The minimum Gasteiger partial charge on any atom is -0.496 e. The lowest BCUT2D eigenvalue weighted by Crippen LogP contribution is -2.16. The Morgan fingerprint density at radius 3 is 2.12 bits per heavy atom. The molecule has 9 heteroatoms. The van der Waals surface area contributed by atoms with E-state index in [0.717, 1.165) is 5.56 Å². The van der Waals surface area contributed by atoms with E-state index >= 15 is 0 Å². The topological polar surface area (TPSA) is 96.4 Å². The molecular formula is C23H20ClN3O4S.